The summed E-state index contributed by atoms with van der Waals surface area (Å²) in [4.78, 5) is 1.90. The number of para-hydroxylation sites is 1. The van der Waals surface area contributed by atoms with E-state index in [4.69, 9.17) is 10.5 Å². The second-order valence-corrected chi connectivity index (χ2v) is 5.27. The zero-order chi connectivity index (χ0) is 14.4. The van der Waals surface area contributed by atoms with E-state index in [2.05, 4.69) is 0 Å². The zero-order valence-corrected chi connectivity index (χ0v) is 12.3. The molecule has 19 heavy (non-hydrogen) atoms. The molecule has 0 saturated heterocycles. The lowest BCUT2D eigenvalue weighted by Crippen LogP contribution is -2.27. The largest absolute Gasteiger partial charge is 0.377 e. The molecule has 108 valence electrons. The number of halogens is 1. The van der Waals surface area contributed by atoms with E-state index in [-0.39, 0.29) is 18.0 Å². The number of rotatable bonds is 7. The average molecular weight is 268 g/mol. The maximum Gasteiger partial charge on any atom is 0.146 e. The Morgan fingerprint density at radius 1 is 1.32 bits per heavy atom. The van der Waals surface area contributed by atoms with Gasteiger partial charge in [-0.1, -0.05) is 12.1 Å². The third-order valence-corrected chi connectivity index (χ3v) is 2.87. The molecule has 3 nitrogen and oxygen atoms in total. The van der Waals surface area contributed by atoms with E-state index in [0.717, 1.165) is 5.56 Å². The van der Waals surface area contributed by atoms with E-state index in [1.165, 1.54) is 6.07 Å². The van der Waals surface area contributed by atoms with Crippen molar-refractivity contribution in [3.05, 3.63) is 29.6 Å². The van der Waals surface area contributed by atoms with Crippen molar-refractivity contribution in [2.24, 2.45) is 5.73 Å². The number of hydrogen-bond acceptors (Lipinski definition) is 3. The van der Waals surface area contributed by atoms with Crippen LogP contribution in [-0.4, -0.2) is 32.3 Å². The van der Waals surface area contributed by atoms with Gasteiger partial charge in [-0.25, -0.2) is 4.39 Å². The maximum absolute atomic E-state index is 14.0. The van der Waals surface area contributed by atoms with E-state index in [9.17, 15) is 4.39 Å². The molecule has 0 aromatic heterocycles. The standard InChI is InChI=1S/C15H25FN2O/c1-11(2)19-9-8-18(4)15-13(10-12(3)17)6-5-7-14(15)16/h5-7,11-12H,8-10,17H2,1-4H3. The predicted molar refractivity (Wildman–Crippen MR) is 78.1 cm³/mol. The Balaban J connectivity index is 2.79. The van der Waals surface area contributed by atoms with Crippen LogP contribution in [0.5, 0.6) is 0 Å². The molecule has 0 aliphatic carbocycles. The minimum atomic E-state index is -0.204. The fourth-order valence-electron chi connectivity index (χ4n) is 2.04. The number of benzene rings is 1. The quantitative estimate of drug-likeness (QED) is 0.826. The minimum Gasteiger partial charge on any atom is -0.377 e. The van der Waals surface area contributed by atoms with E-state index >= 15 is 0 Å². The van der Waals surface area contributed by atoms with Crippen molar-refractivity contribution >= 4 is 5.69 Å². The fourth-order valence-corrected chi connectivity index (χ4v) is 2.04. The number of likely N-dealkylation sites (N-methyl/N-ethyl adjacent to an activating group) is 1. The first kappa shape index (κ1) is 15.9. The average Bonchev–Trinajstić information content (AvgIpc) is 2.27. The van der Waals surface area contributed by atoms with Crippen molar-refractivity contribution in [3.8, 4) is 0 Å². The summed E-state index contributed by atoms with van der Waals surface area (Å²) < 4.78 is 19.5. The topological polar surface area (TPSA) is 38.5 Å². The summed E-state index contributed by atoms with van der Waals surface area (Å²) >= 11 is 0. The first-order valence-corrected chi connectivity index (χ1v) is 6.77. The van der Waals surface area contributed by atoms with Crippen LogP contribution in [0.3, 0.4) is 0 Å². The minimum absolute atomic E-state index is 0.0147. The van der Waals surface area contributed by atoms with E-state index in [0.29, 0.717) is 25.3 Å². The Morgan fingerprint density at radius 2 is 2.00 bits per heavy atom. The first-order valence-electron chi connectivity index (χ1n) is 6.77. The second kappa shape index (κ2) is 7.46. The third kappa shape index (κ3) is 5.17. The third-order valence-electron chi connectivity index (χ3n) is 2.87. The summed E-state index contributed by atoms with van der Waals surface area (Å²) in [5.74, 6) is -0.204. The van der Waals surface area contributed by atoms with Gasteiger partial charge >= 0.3 is 0 Å². The Labute approximate surface area is 115 Å². The maximum atomic E-state index is 14.0. The van der Waals surface area contributed by atoms with Crippen LogP contribution in [0.15, 0.2) is 18.2 Å². The number of hydrogen-bond donors (Lipinski definition) is 1. The van der Waals surface area contributed by atoms with Gasteiger partial charge in [-0.15, -0.1) is 0 Å². The molecule has 1 aromatic rings. The molecule has 0 radical (unpaired) electrons. The summed E-state index contributed by atoms with van der Waals surface area (Å²) in [5.41, 5.74) is 7.40. The Bertz CT molecular complexity index is 394. The molecule has 2 N–H and O–H groups in total. The van der Waals surface area contributed by atoms with Crippen LogP contribution in [0, 0.1) is 5.82 Å². The number of anilines is 1. The fraction of sp³-hybridized carbons (Fsp3) is 0.600. The molecule has 1 unspecified atom stereocenters. The van der Waals surface area contributed by atoms with Gasteiger partial charge in [0, 0.05) is 19.6 Å². The molecule has 0 bridgehead atoms. The molecule has 0 fully saturated rings. The molecular weight excluding hydrogens is 243 g/mol. The highest BCUT2D eigenvalue weighted by molar-refractivity contribution is 5.54. The van der Waals surface area contributed by atoms with Crippen molar-refractivity contribution in [2.75, 3.05) is 25.1 Å². The highest BCUT2D eigenvalue weighted by Gasteiger charge is 2.14. The highest BCUT2D eigenvalue weighted by Crippen LogP contribution is 2.24. The summed E-state index contributed by atoms with van der Waals surface area (Å²) in [6.45, 7) is 7.15. The first-order chi connectivity index (χ1) is 8.91. The summed E-state index contributed by atoms with van der Waals surface area (Å²) in [7, 11) is 1.88. The lowest BCUT2D eigenvalue weighted by molar-refractivity contribution is 0.0845. The van der Waals surface area contributed by atoms with E-state index < -0.39 is 0 Å². The van der Waals surface area contributed by atoms with Crippen molar-refractivity contribution in [1.82, 2.24) is 0 Å². The van der Waals surface area contributed by atoms with Crippen LogP contribution < -0.4 is 10.6 Å². The summed E-state index contributed by atoms with van der Waals surface area (Å²) in [6.07, 6.45) is 0.861. The van der Waals surface area contributed by atoms with E-state index in [1.54, 1.807) is 6.07 Å². The molecule has 0 spiro atoms. The SMILES string of the molecule is CC(N)Cc1cccc(F)c1N(C)CCOC(C)C. The number of nitrogens with two attached hydrogens (primary N) is 1. The van der Waals surface area contributed by atoms with Crippen LogP contribution in [0.2, 0.25) is 0 Å². The molecular formula is C15H25FN2O. The van der Waals surface area contributed by atoms with Crippen molar-refractivity contribution in [1.29, 1.82) is 0 Å². The smallest absolute Gasteiger partial charge is 0.146 e. The lowest BCUT2D eigenvalue weighted by Gasteiger charge is -2.24. The number of nitrogens with zero attached hydrogens (tertiary/aromatic N) is 1. The summed E-state index contributed by atoms with van der Waals surface area (Å²) in [5, 5.41) is 0. The Hall–Kier alpha value is -1.13. The molecule has 0 amide bonds. The lowest BCUT2D eigenvalue weighted by atomic mass is 10.0. The molecule has 0 heterocycles. The van der Waals surface area contributed by atoms with Crippen LogP contribution in [0.25, 0.3) is 0 Å². The molecule has 1 atom stereocenters. The molecule has 4 heteroatoms. The monoisotopic (exact) mass is 268 g/mol. The number of ether oxygens (including phenoxy) is 1. The van der Waals surface area contributed by atoms with Crippen LogP contribution in [0.1, 0.15) is 26.3 Å². The van der Waals surface area contributed by atoms with Gasteiger partial charge in [0.05, 0.1) is 18.4 Å². The van der Waals surface area contributed by atoms with Crippen LogP contribution in [0.4, 0.5) is 10.1 Å². The van der Waals surface area contributed by atoms with Crippen LogP contribution in [-0.2, 0) is 11.2 Å². The molecule has 1 aromatic carbocycles. The van der Waals surface area contributed by atoms with Crippen molar-refractivity contribution in [2.45, 2.75) is 39.3 Å². The van der Waals surface area contributed by atoms with Gasteiger partial charge in [0.2, 0.25) is 0 Å². The molecule has 0 saturated carbocycles. The second-order valence-electron chi connectivity index (χ2n) is 5.27. The van der Waals surface area contributed by atoms with E-state index in [1.807, 2.05) is 38.8 Å². The zero-order valence-electron chi connectivity index (χ0n) is 12.3. The normalized spacial score (nSPS) is 12.8. The van der Waals surface area contributed by atoms with Gasteiger partial charge in [0.25, 0.3) is 0 Å². The van der Waals surface area contributed by atoms with Gasteiger partial charge in [-0.3, -0.25) is 0 Å². The van der Waals surface area contributed by atoms with Gasteiger partial charge in [0.1, 0.15) is 5.82 Å². The molecule has 1 rings (SSSR count). The van der Waals surface area contributed by atoms with Gasteiger partial charge in [0.15, 0.2) is 0 Å². The predicted octanol–water partition coefficient (Wildman–Crippen LogP) is 2.58. The van der Waals surface area contributed by atoms with Gasteiger partial charge in [-0.05, 0) is 38.8 Å². The Morgan fingerprint density at radius 3 is 2.58 bits per heavy atom. The van der Waals surface area contributed by atoms with Crippen LogP contribution >= 0.6 is 0 Å². The molecule has 0 aliphatic heterocycles. The van der Waals surface area contributed by atoms with Crippen molar-refractivity contribution in [3.63, 3.8) is 0 Å². The van der Waals surface area contributed by atoms with Crippen molar-refractivity contribution < 1.29 is 9.13 Å². The molecule has 0 aliphatic rings. The highest BCUT2D eigenvalue weighted by atomic mass is 19.1. The van der Waals surface area contributed by atoms with Gasteiger partial charge < -0.3 is 15.4 Å². The summed E-state index contributed by atoms with van der Waals surface area (Å²) in [6, 6.07) is 5.16. The van der Waals surface area contributed by atoms with Gasteiger partial charge in [-0.2, -0.15) is 0 Å². The Kier molecular flexibility index (Phi) is 6.25.